The number of rotatable bonds is 3. The topological polar surface area (TPSA) is 54.8 Å². The molecule has 0 saturated carbocycles. The summed E-state index contributed by atoms with van der Waals surface area (Å²) < 4.78 is 1.97. The van der Waals surface area contributed by atoms with E-state index in [9.17, 15) is 0 Å². The van der Waals surface area contributed by atoms with E-state index in [1.54, 1.807) is 6.20 Å². The molecule has 0 bridgehead atoms. The van der Waals surface area contributed by atoms with Crippen LogP contribution in [0.5, 0.6) is 0 Å². The van der Waals surface area contributed by atoms with Crippen LogP contribution in [0.15, 0.2) is 30.7 Å². The molecule has 0 aliphatic carbocycles. The van der Waals surface area contributed by atoms with Crippen molar-refractivity contribution in [2.45, 2.75) is 19.4 Å². The van der Waals surface area contributed by atoms with Crippen molar-refractivity contribution in [3.05, 3.63) is 36.5 Å². The lowest BCUT2D eigenvalue weighted by Gasteiger charge is -2.13. The molecule has 94 valence electrons. The molecule has 5 nitrogen and oxygen atoms in total. The van der Waals surface area contributed by atoms with Crippen LogP contribution in [0.2, 0.25) is 0 Å². The molecule has 3 heterocycles. The smallest absolute Gasteiger partial charge is 0.138 e. The van der Waals surface area contributed by atoms with Crippen LogP contribution in [0.3, 0.4) is 0 Å². The Balaban J connectivity index is 1.74. The van der Waals surface area contributed by atoms with Gasteiger partial charge in [-0.25, -0.2) is 9.97 Å². The minimum absolute atomic E-state index is 0.521. The van der Waals surface area contributed by atoms with Crippen LogP contribution in [-0.4, -0.2) is 33.7 Å². The molecular weight excluding hydrogens is 226 g/mol. The third kappa shape index (κ3) is 2.22. The first-order chi connectivity index (χ1) is 8.83. The molecule has 1 aliphatic rings. The fraction of sp³-hybridized carbons (Fsp3) is 0.385. The molecule has 0 aromatic carbocycles. The summed E-state index contributed by atoms with van der Waals surface area (Å²) in [7, 11) is 0. The normalized spacial score (nSPS) is 19.1. The molecule has 1 aliphatic heterocycles. The largest absolute Gasteiger partial charge is 0.380 e. The number of nitrogens with zero attached hydrogens (tertiary/aromatic N) is 3. The number of anilines is 1. The van der Waals surface area contributed by atoms with Gasteiger partial charge in [0.25, 0.3) is 0 Å². The summed E-state index contributed by atoms with van der Waals surface area (Å²) in [4.78, 5) is 8.66. The Morgan fingerprint density at radius 2 is 2.33 bits per heavy atom. The molecule has 1 saturated heterocycles. The van der Waals surface area contributed by atoms with Crippen LogP contribution in [0, 0.1) is 6.92 Å². The van der Waals surface area contributed by atoms with Gasteiger partial charge in [0, 0.05) is 25.0 Å². The van der Waals surface area contributed by atoms with Crippen molar-refractivity contribution in [1.82, 2.24) is 19.9 Å². The van der Waals surface area contributed by atoms with Crippen LogP contribution >= 0.6 is 0 Å². The van der Waals surface area contributed by atoms with Gasteiger partial charge in [0.2, 0.25) is 0 Å². The molecule has 1 unspecified atom stereocenters. The second-order valence-electron chi connectivity index (χ2n) is 4.58. The van der Waals surface area contributed by atoms with E-state index >= 15 is 0 Å². The predicted octanol–water partition coefficient (Wildman–Crippen LogP) is 1.35. The zero-order valence-electron chi connectivity index (χ0n) is 10.4. The summed E-state index contributed by atoms with van der Waals surface area (Å²) >= 11 is 0. The summed E-state index contributed by atoms with van der Waals surface area (Å²) in [5, 5.41) is 6.82. The highest BCUT2D eigenvalue weighted by atomic mass is 15.1. The van der Waals surface area contributed by atoms with E-state index in [1.165, 1.54) is 6.42 Å². The van der Waals surface area contributed by atoms with E-state index in [2.05, 4.69) is 26.7 Å². The Morgan fingerprint density at radius 1 is 1.39 bits per heavy atom. The lowest BCUT2D eigenvalue weighted by Crippen LogP contribution is -2.22. The summed E-state index contributed by atoms with van der Waals surface area (Å²) in [5.41, 5.74) is 1.07. The van der Waals surface area contributed by atoms with E-state index < -0.39 is 0 Å². The van der Waals surface area contributed by atoms with Crippen molar-refractivity contribution in [1.29, 1.82) is 0 Å². The number of hydrogen-bond acceptors (Lipinski definition) is 4. The molecule has 2 aromatic heterocycles. The van der Waals surface area contributed by atoms with Crippen molar-refractivity contribution in [2.75, 3.05) is 18.4 Å². The second-order valence-corrected chi connectivity index (χ2v) is 4.58. The maximum Gasteiger partial charge on any atom is 0.138 e. The van der Waals surface area contributed by atoms with Crippen LogP contribution in [-0.2, 0) is 0 Å². The van der Waals surface area contributed by atoms with Gasteiger partial charge in [-0.15, -0.1) is 0 Å². The molecule has 5 heteroatoms. The average molecular weight is 243 g/mol. The van der Waals surface area contributed by atoms with Crippen LogP contribution in [0.25, 0.3) is 5.82 Å². The molecule has 3 rings (SSSR count). The summed E-state index contributed by atoms with van der Waals surface area (Å²) in [6, 6.07) is 4.60. The van der Waals surface area contributed by atoms with Gasteiger partial charge < -0.3 is 10.6 Å². The first-order valence-electron chi connectivity index (χ1n) is 6.26. The van der Waals surface area contributed by atoms with Crippen molar-refractivity contribution in [2.24, 2.45) is 0 Å². The minimum atomic E-state index is 0.521. The van der Waals surface area contributed by atoms with E-state index in [0.29, 0.717) is 6.04 Å². The standard InChI is InChI=1S/C13H17N5/c1-10-15-6-7-18(10)13-3-2-11(9-16-13)17-12-4-5-14-8-12/h2-3,6-7,9,12,14,17H,4-5,8H2,1H3. The van der Waals surface area contributed by atoms with Gasteiger partial charge in [-0.2, -0.15) is 0 Å². The number of pyridine rings is 1. The van der Waals surface area contributed by atoms with Gasteiger partial charge in [0.05, 0.1) is 11.9 Å². The van der Waals surface area contributed by atoms with Gasteiger partial charge in [0.15, 0.2) is 0 Å². The molecular formula is C13H17N5. The zero-order chi connectivity index (χ0) is 12.4. The number of aryl methyl sites for hydroxylation is 1. The van der Waals surface area contributed by atoms with E-state index in [4.69, 9.17) is 0 Å². The minimum Gasteiger partial charge on any atom is -0.380 e. The number of imidazole rings is 1. The summed E-state index contributed by atoms with van der Waals surface area (Å²) in [5.74, 6) is 1.85. The number of nitrogens with one attached hydrogen (secondary N) is 2. The van der Waals surface area contributed by atoms with Gasteiger partial charge in [-0.05, 0) is 32.0 Å². The third-order valence-electron chi connectivity index (χ3n) is 3.25. The maximum absolute atomic E-state index is 4.46. The Morgan fingerprint density at radius 3 is 2.94 bits per heavy atom. The van der Waals surface area contributed by atoms with Gasteiger partial charge >= 0.3 is 0 Å². The molecule has 1 atom stereocenters. The fourth-order valence-corrected chi connectivity index (χ4v) is 2.25. The van der Waals surface area contributed by atoms with Crippen LogP contribution < -0.4 is 10.6 Å². The monoisotopic (exact) mass is 243 g/mol. The molecule has 2 aromatic rings. The lowest BCUT2D eigenvalue weighted by atomic mass is 10.2. The first-order valence-corrected chi connectivity index (χ1v) is 6.26. The Labute approximate surface area is 106 Å². The van der Waals surface area contributed by atoms with E-state index in [1.807, 2.05) is 30.0 Å². The van der Waals surface area contributed by atoms with Gasteiger partial charge in [-0.3, -0.25) is 4.57 Å². The lowest BCUT2D eigenvalue weighted by molar-refractivity contribution is 0.792. The summed E-state index contributed by atoms with van der Waals surface area (Å²) in [6.45, 7) is 4.10. The Kier molecular flexibility index (Phi) is 2.98. The molecule has 0 radical (unpaired) electrons. The molecule has 1 fully saturated rings. The van der Waals surface area contributed by atoms with Gasteiger partial charge in [-0.1, -0.05) is 0 Å². The van der Waals surface area contributed by atoms with Crippen LogP contribution in [0.4, 0.5) is 5.69 Å². The van der Waals surface area contributed by atoms with E-state index in [0.717, 1.165) is 30.4 Å². The number of aromatic nitrogens is 3. The predicted molar refractivity (Wildman–Crippen MR) is 71.0 cm³/mol. The van der Waals surface area contributed by atoms with Crippen LogP contribution in [0.1, 0.15) is 12.2 Å². The molecule has 18 heavy (non-hydrogen) atoms. The van der Waals surface area contributed by atoms with Crippen molar-refractivity contribution >= 4 is 5.69 Å². The van der Waals surface area contributed by atoms with Crippen molar-refractivity contribution < 1.29 is 0 Å². The first kappa shape index (κ1) is 11.2. The molecule has 0 spiro atoms. The third-order valence-corrected chi connectivity index (χ3v) is 3.25. The Hall–Kier alpha value is -1.88. The SMILES string of the molecule is Cc1nccn1-c1ccc(NC2CCNC2)cn1. The number of hydrogen-bond donors (Lipinski definition) is 2. The highest BCUT2D eigenvalue weighted by molar-refractivity contribution is 5.45. The summed E-state index contributed by atoms with van der Waals surface area (Å²) in [6.07, 6.45) is 6.76. The fourth-order valence-electron chi connectivity index (χ4n) is 2.25. The molecule has 0 amide bonds. The second kappa shape index (κ2) is 4.78. The van der Waals surface area contributed by atoms with Gasteiger partial charge in [0.1, 0.15) is 11.6 Å². The van der Waals surface area contributed by atoms with Crippen molar-refractivity contribution in [3.8, 4) is 5.82 Å². The van der Waals surface area contributed by atoms with E-state index in [-0.39, 0.29) is 0 Å². The van der Waals surface area contributed by atoms with Crippen molar-refractivity contribution in [3.63, 3.8) is 0 Å². The maximum atomic E-state index is 4.46. The average Bonchev–Trinajstić information content (AvgIpc) is 3.02. The quantitative estimate of drug-likeness (QED) is 0.854. The highest BCUT2D eigenvalue weighted by Gasteiger charge is 2.13. The zero-order valence-corrected chi connectivity index (χ0v) is 10.4. The Bertz CT molecular complexity index is 510. The highest BCUT2D eigenvalue weighted by Crippen LogP contribution is 2.13. The molecule has 2 N–H and O–H groups in total.